The molecule has 3 N–H and O–H groups in total. The van der Waals surface area contributed by atoms with Crippen LogP contribution in [0.3, 0.4) is 0 Å². The summed E-state index contributed by atoms with van der Waals surface area (Å²) in [4.78, 5) is 0. The molecule has 2 atom stereocenters. The molecule has 0 radical (unpaired) electrons. The summed E-state index contributed by atoms with van der Waals surface area (Å²) in [5.41, 5.74) is 8.00. The summed E-state index contributed by atoms with van der Waals surface area (Å²) in [6.45, 7) is 6.91. The number of rotatable bonds is 7. The third-order valence-corrected chi connectivity index (χ3v) is 2.60. The van der Waals surface area contributed by atoms with Gasteiger partial charge < -0.3 is 20.3 Å². The van der Waals surface area contributed by atoms with Gasteiger partial charge in [0.05, 0.1) is 6.61 Å². The predicted octanol–water partition coefficient (Wildman–Crippen LogP) is 1.79. The predicted molar refractivity (Wildman–Crippen MR) is 71.8 cm³/mol. The number of benzene rings is 1. The molecule has 0 heterocycles. The van der Waals surface area contributed by atoms with Crippen molar-refractivity contribution < 1.29 is 14.6 Å². The molecule has 1 rings (SSSR count). The number of aliphatic hydroxyl groups is 1. The number of ether oxygens (including phenoxy) is 2. The molecule has 0 aliphatic rings. The second kappa shape index (κ2) is 7.36. The highest BCUT2D eigenvalue weighted by atomic mass is 16.5. The Bertz CT molecular complexity index is 366. The van der Waals surface area contributed by atoms with Gasteiger partial charge in [-0.3, -0.25) is 0 Å². The third-order valence-electron chi connectivity index (χ3n) is 2.60. The Kier molecular flexibility index (Phi) is 6.12. The standard InChI is InChI=1S/C14H23NO3/c1-4-17-8-12(16)9-18-14-6-5-10(2)7-13(14)11(3)15/h5-7,11-12,16H,4,8-9,15H2,1-3H3. The van der Waals surface area contributed by atoms with Crippen LogP contribution in [0.1, 0.15) is 31.0 Å². The first-order chi connectivity index (χ1) is 8.54. The SMILES string of the molecule is CCOCC(O)COc1ccc(C)cc1C(C)N. The maximum Gasteiger partial charge on any atom is 0.124 e. The van der Waals surface area contributed by atoms with Crippen molar-refractivity contribution in [2.75, 3.05) is 19.8 Å². The van der Waals surface area contributed by atoms with Gasteiger partial charge in [0.25, 0.3) is 0 Å². The first-order valence-electron chi connectivity index (χ1n) is 6.29. The number of aliphatic hydroxyl groups excluding tert-OH is 1. The lowest BCUT2D eigenvalue weighted by molar-refractivity contribution is 0.0162. The van der Waals surface area contributed by atoms with E-state index in [2.05, 4.69) is 0 Å². The van der Waals surface area contributed by atoms with Crippen LogP contribution in [0.5, 0.6) is 5.75 Å². The Hall–Kier alpha value is -1.10. The monoisotopic (exact) mass is 253 g/mol. The highest BCUT2D eigenvalue weighted by Crippen LogP contribution is 2.25. The molecule has 4 nitrogen and oxygen atoms in total. The number of aryl methyl sites for hydroxylation is 1. The maximum atomic E-state index is 9.64. The van der Waals surface area contributed by atoms with E-state index in [-0.39, 0.29) is 19.3 Å². The largest absolute Gasteiger partial charge is 0.490 e. The van der Waals surface area contributed by atoms with Gasteiger partial charge in [-0.05, 0) is 26.8 Å². The van der Waals surface area contributed by atoms with Crippen molar-refractivity contribution in [3.8, 4) is 5.75 Å². The van der Waals surface area contributed by atoms with Gasteiger partial charge in [0, 0.05) is 18.2 Å². The quantitative estimate of drug-likeness (QED) is 0.777. The molecule has 0 fully saturated rings. The summed E-state index contributed by atoms with van der Waals surface area (Å²) in [7, 11) is 0. The molecule has 0 spiro atoms. The lowest BCUT2D eigenvalue weighted by Crippen LogP contribution is -2.24. The molecule has 0 amide bonds. The van der Waals surface area contributed by atoms with Gasteiger partial charge in [-0.25, -0.2) is 0 Å². The fraction of sp³-hybridized carbons (Fsp3) is 0.571. The van der Waals surface area contributed by atoms with Crippen LogP contribution in [-0.2, 0) is 4.74 Å². The van der Waals surface area contributed by atoms with Crippen LogP contribution in [0.4, 0.5) is 0 Å². The molecule has 1 aromatic carbocycles. The van der Waals surface area contributed by atoms with E-state index in [1.165, 1.54) is 0 Å². The topological polar surface area (TPSA) is 64.7 Å². The number of hydrogen-bond donors (Lipinski definition) is 2. The molecule has 0 aliphatic heterocycles. The van der Waals surface area contributed by atoms with Crippen molar-refractivity contribution in [3.63, 3.8) is 0 Å². The van der Waals surface area contributed by atoms with Crippen molar-refractivity contribution in [1.82, 2.24) is 0 Å². The van der Waals surface area contributed by atoms with Gasteiger partial charge in [-0.15, -0.1) is 0 Å². The lowest BCUT2D eigenvalue weighted by Gasteiger charge is -2.17. The molecule has 1 aromatic rings. The molecule has 18 heavy (non-hydrogen) atoms. The second-order valence-electron chi connectivity index (χ2n) is 4.45. The molecule has 0 aromatic heterocycles. The molecule has 102 valence electrons. The Balaban J connectivity index is 2.61. The fourth-order valence-electron chi connectivity index (χ4n) is 1.64. The molecule has 0 saturated heterocycles. The van der Waals surface area contributed by atoms with Crippen molar-refractivity contribution in [2.45, 2.75) is 32.9 Å². The average Bonchev–Trinajstić information content (AvgIpc) is 2.34. The van der Waals surface area contributed by atoms with Crippen LogP contribution < -0.4 is 10.5 Å². The van der Waals surface area contributed by atoms with E-state index in [0.717, 1.165) is 16.9 Å². The highest BCUT2D eigenvalue weighted by molar-refractivity contribution is 5.38. The van der Waals surface area contributed by atoms with E-state index in [0.29, 0.717) is 6.61 Å². The maximum absolute atomic E-state index is 9.64. The van der Waals surface area contributed by atoms with Gasteiger partial charge >= 0.3 is 0 Å². The second-order valence-corrected chi connectivity index (χ2v) is 4.45. The molecule has 2 unspecified atom stereocenters. The molecular weight excluding hydrogens is 230 g/mol. The summed E-state index contributed by atoms with van der Waals surface area (Å²) in [6, 6.07) is 5.77. The Morgan fingerprint density at radius 2 is 2.06 bits per heavy atom. The lowest BCUT2D eigenvalue weighted by atomic mass is 10.1. The van der Waals surface area contributed by atoms with Crippen LogP contribution in [0.2, 0.25) is 0 Å². The van der Waals surface area contributed by atoms with Gasteiger partial charge in [-0.2, -0.15) is 0 Å². The van der Waals surface area contributed by atoms with Gasteiger partial charge in [0.2, 0.25) is 0 Å². The van der Waals surface area contributed by atoms with Crippen LogP contribution in [0.25, 0.3) is 0 Å². The smallest absolute Gasteiger partial charge is 0.124 e. The van der Waals surface area contributed by atoms with Gasteiger partial charge in [0.15, 0.2) is 0 Å². The Labute approximate surface area is 109 Å². The van der Waals surface area contributed by atoms with E-state index < -0.39 is 6.10 Å². The molecule has 0 aliphatic carbocycles. The first kappa shape index (κ1) is 15.0. The number of nitrogens with two attached hydrogens (primary N) is 1. The van der Waals surface area contributed by atoms with Crippen LogP contribution in [0.15, 0.2) is 18.2 Å². The molecule has 0 saturated carbocycles. The van der Waals surface area contributed by atoms with E-state index in [9.17, 15) is 5.11 Å². The van der Waals surface area contributed by atoms with Crippen molar-refractivity contribution in [2.24, 2.45) is 5.73 Å². The highest BCUT2D eigenvalue weighted by Gasteiger charge is 2.11. The van der Waals surface area contributed by atoms with E-state index in [4.69, 9.17) is 15.2 Å². The molecular formula is C14H23NO3. The summed E-state index contributed by atoms with van der Waals surface area (Å²) in [5, 5.41) is 9.64. The zero-order chi connectivity index (χ0) is 13.5. The van der Waals surface area contributed by atoms with E-state index >= 15 is 0 Å². The summed E-state index contributed by atoms with van der Waals surface area (Å²) in [6.07, 6.45) is -0.618. The summed E-state index contributed by atoms with van der Waals surface area (Å²) < 4.78 is 10.7. The minimum Gasteiger partial charge on any atom is -0.490 e. The van der Waals surface area contributed by atoms with E-state index in [1.807, 2.05) is 39.0 Å². The minimum absolute atomic E-state index is 0.0936. The van der Waals surface area contributed by atoms with Crippen LogP contribution in [-0.4, -0.2) is 31.0 Å². The van der Waals surface area contributed by atoms with Crippen molar-refractivity contribution in [3.05, 3.63) is 29.3 Å². The van der Waals surface area contributed by atoms with Gasteiger partial charge in [0.1, 0.15) is 18.5 Å². The summed E-state index contributed by atoms with van der Waals surface area (Å²) >= 11 is 0. The van der Waals surface area contributed by atoms with Crippen LogP contribution in [0, 0.1) is 6.92 Å². The zero-order valence-electron chi connectivity index (χ0n) is 11.3. The van der Waals surface area contributed by atoms with Crippen LogP contribution >= 0.6 is 0 Å². The minimum atomic E-state index is -0.618. The first-order valence-corrected chi connectivity index (χ1v) is 6.29. The molecule has 0 bridgehead atoms. The Morgan fingerprint density at radius 3 is 2.67 bits per heavy atom. The normalized spacial score (nSPS) is 14.3. The molecule has 4 heteroatoms. The van der Waals surface area contributed by atoms with Crippen molar-refractivity contribution in [1.29, 1.82) is 0 Å². The Morgan fingerprint density at radius 1 is 1.33 bits per heavy atom. The summed E-state index contributed by atoms with van der Waals surface area (Å²) in [5.74, 6) is 0.728. The fourth-order valence-corrected chi connectivity index (χ4v) is 1.64. The average molecular weight is 253 g/mol. The third kappa shape index (κ3) is 4.64. The van der Waals surface area contributed by atoms with Gasteiger partial charge in [-0.1, -0.05) is 17.7 Å². The van der Waals surface area contributed by atoms with Crippen molar-refractivity contribution >= 4 is 0 Å². The number of hydrogen-bond acceptors (Lipinski definition) is 4. The zero-order valence-corrected chi connectivity index (χ0v) is 11.3. The van der Waals surface area contributed by atoms with E-state index in [1.54, 1.807) is 0 Å².